The van der Waals surface area contributed by atoms with Crippen LogP contribution in [0.2, 0.25) is 0 Å². The second-order valence-electron chi connectivity index (χ2n) is 0.691. The van der Waals surface area contributed by atoms with Gasteiger partial charge in [0.15, 0.2) is 0 Å². The molecule has 0 aliphatic rings. The van der Waals surface area contributed by atoms with E-state index in [0.29, 0.717) is 0 Å². The van der Waals surface area contributed by atoms with E-state index in [4.69, 9.17) is 0 Å². The van der Waals surface area contributed by atoms with Crippen LogP contribution < -0.4 is 0 Å². The van der Waals surface area contributed by atoms with Crippen LogP contribution in [0.1, 0.15) is 0 Å². The molecule has 0 aliphatic carbocycles. The van der Waals surface area contributed by atoms with E-state index < -0.39 is 0 Å². The molecule has 0 unspecified atom stereocenters. The first-order valence-corrected chi connectivity index (χ1v) is 1.82. The van der Waals surface area contributed by atoms with Crippen LogP contribution >= 0.6 is 12.6 Å². The second kappa shape index (κ2) is 2.76. The highest BCUT2D eigenvalue weighted by Gasteiger charge is 1.70. The molecule has 0 aromatic heterocycles. The Kier molecular flexibility index (Phi) is 2.55. The Morgan fingerprint density at radius 1 is 2.00 bits per heavy atom. The molecule has 0 N–H and O–H groups in total. The summed E-state index contributed by atoms with van der Waals surface area (Å²) in [5, 5.41) is 0. The van der Waals surface area contributed by atoms with E-state index in [9.17, 15) is 4.79 Å². The maximum absolute atomic E-state index is 9.43. The highest BCUT2D eigenvalue weighted by Crippen LogP contribution is 1.90. The summed E-state index contributed by atoms with van der Waals surface area (Å²) in [4.78, 5) is 9.67. The van der Waals surface area contributed by atoms with E-state index in [1.807, 2.05) is 0 Å². The van der Waals surface area contributed by atoms with Gasteiger partial charge in [-0.15, -0.1) is 12.6 Å². The average molecular weight is 100 g/mol. The Morgan fingerprint density at radius 2 is 2.50 bits per heavy atom. The Balaban J connectivity index is 3.86. The van der Waals surface area contributed by atoms with E-state index in [1.54, 1.807) is 0 Å². The topological polar surface area (TPSA) is 17.1 Å². The summed E-state index contributed by atoms with van der Waals surface area (Å²) in [5.74, 6) is 1.53. The van der Waals surface area contributed by atoms with Crippen molar-refractivity contribution in [2.24, 2.45) is 0 Å². The van der Waals surface area contributed by atoms with Crippen LogP contribution in [0.3, 0.4) is 0 Å². The van der Waals surface area contributed by atoms with Gasteiger partial charge in [0.05, 0.1) is 4.91 Å². The standard InChI is InChI=1S/C4H4OS/c1-2-4(6)3-5/h2,6H,1H2. The third-order valence-corrected chi connectivity index (χ3v) is 0.572. The molecular formula is C4H4OS. The number of carbonyl (C=O) groups excluding carboxylic acids is 1. The zero-order valence-electron chi connectivity index (χ0n) is 3.14. The molecule has 0 saturated carbocycles. The van der Waals surface area contributed by atoms with Gasteiger partial charge in [-0.2, -0.15) is 0 Å². The number of hydrogen-bond acceptors (Lipinski definition) is 2. The van der Waals surface area contributed by atoms with Crippen molar-refractivity contribution in [2.45, 2.75) is 0 Å². The smallest absolute Gasteiger partial charge is 0.139 e. The van der Waals surface area contributed by atoms with Crippen molar-refractivity contribution in [3.8, 4) is 0 Å². The molecule has 0 spiro atoms. The van der Waals surface area contributed by atoms with E-state index in [0.717, 1.165) is 0 Å². The lowest BCUT2D eigenvalue weighted by Gasteiger charge is -1.67. The Hall–Kier alpha value is -0.460. The Labute approximate surface area is 41.8 Å². The first kappa shape index (κ1) is 5.54. The summed E-state index contributed by atoms with van der Waals surface area (Å²) in [7, 11) is 0. The van der Waals surface area contributed by atoms with Gasteiger partial charge < -0.3 is 0 Å². The maximum Gasteiger partial charge on any atom is 0.139 e. The lowest BCUT2D eigenvalue weighted by molar-refractivity contribution is 0.568. The predicted octanol–water partition coefficient (Wildman–Crippen LogP) is 0.818. The number of allylic oxidation sites excluding steroid dienone is 1. The molecule has 0 atom stereocenters. The van der Waals surface area contributed by atoms with Crippen LogP contribution in [0.4, 0.5) is 0 Å². The normalized spacial score (nSPS) is 6.17. The van der Waals surface area contributed by atoms with Crippen molar-refractivity contribution in [3.05, 3.63) is 17.6 Å². The zero-order chi connectivity index (χ0) is 4.99. The van der Waals surface area contributed by atoms with Crippen molar-refractivity contribution < 1.29 is 4.79 Å². The van der Waals surface area contributed by atoms with Crippen molar-refractivity contribution in [2.75, 3.05) is 0 Å². The first-order valence-electron chi connectivity index (χ1n) is 1.37. The Bertz CT molecular complexity index is 100. The van der Waals surface area contributed by atoms with Crippen LogP contribution in [0.5, 0.6) is 0 Å². The van der Waals surface area contributed by atoms with Gasteiger partial charge >= 0.3 is 0 Å². The van der Waals surface area contributed by atoms with Crippen LogP contribution in [-0.2, 0) is 4.79 Å². The van der Waals surface area contributed by atoms with Crippen molar-refractivity contribution in [1.82, 2.24) is 0 Å². The maximum atomic E-state index is 9.43. The SMILES string of the molecule is C=CC(S)=C=O. The summed E-state index contributed by atoms with van der Waals surface area (Å²) in [6, 6.07) is 0. The van der Waals surface area contributed by atoms with Gasteiger partial charge in [-0.3, -0.25) is 0 Å². The number of rotatable bonds is 1. The van der Waals surface area contributed by atoms with Crippen LogP contribution in [-0.4, -0.2) is 5.94 Å². The molecule has 0 fully saturated rings. The van der Waals surface area contributed by atoms with Crippen molar-refractivity contribution in [1.29, 1.82) is 0 Å². The molecule has 0 aromatic carbocycles. The largest absolute Gasteiger partial charge is 0.232 e. The minimum atomic E-state index is 0.245. The highest BCUT2D eigenvalue weighted by molar-refractivity contribution is 7.85. The molecule has 0 aliphatic heterocycles. The van der Waals surface area contributed by atoms with Gasteiger partial charge in [0.1, 0.15) is 5.94 Å². The first-order chi connectivity index (χ1) is 2.81. The molecular weight excluding hydrogens is 96.1 g/mol. The Morgan fingerprint density at radius 3 is 2.50 bits per heavy atom. The molecule has 1 nitrogen and oxygen atoms in total. The molecule has 0 aromatic rings. The molecule has 2 heteroatoms. The fourth-order valence-corrected chi connectivity index (χ4v) is 0.0417. The van der Waals surface area contributed by atoms with E-state index >= 15 is 0 Å². The minimum absolute atomic E-state index is 0.245. The fraction of sp³-hybridized carbons (Fsp3) is 0. The van der Waals surface area contributed by atoms with E-state index in [1.165, 1.54) is 12.0 Å². The van der Waals surface area contributed by atoms with Crippen molar-refractivity contribution >= 4 is 18.6 Å². The fourth-order valence-electron chi connectivity index (χ4n) is 0.0417. The van der Waals surface area contributed by atoms with Gasteiger partial charge in [0.2, 0.25) is 0 Å². The number of thiol groups is 1. The quantitative estimate of drug-likeness (QED) is 0.293. The van der Waals surface area contributed by atoms with E-state index in [2.05, 4.69) is 19.2 Å². The predicted molar refractivity (Wildman–Crippen MR) is 28.4 cm³/mol. The van der Waals surface area contributed by atoms with Gasteiger partial charge in [-0.1, -0.05) is 6.58 Å². The lowest BCUT2D eigenvalue weighted by Crippen LogP contribution is -1.55. The summed E-state index contributed by atoms with van der Waals surface area (Å²) < 4.78 is 0. The summed E-state index contributed by atoms with van der Waals surface area (Å²) in [6.07, 6.45) is 1.33. The van der Waals surface area contributed by atoms with Gasteiger partial charge in [0.25, 0.3) is 0 Å². The van der Waals surface area contributed by atoms with Gasteiger partial charge in [0, 0.05) is 0 Å². The minimum Gasteiger partial charge on any atom is -0.232 e. The molecule has 32 valence electrons. The zero-order valence-corrected chi connectivity index (χ0v) is 4.03. The molecule has 0 heterocycles. The summed E-state index contributed by atoms with van der Waals surface area (Å²) in [5.41, 5.74) is 0. The van der Waals surface area contributed by atoms with E-state index in [-0.39, 0.29) is 4.91 Å². The lowest BCUT2D eigenvalue weighted by atomic mass is 10.6. The molecule has 0 rings (SSSR count). The molecule has 0 amide bonds. The monoisotopic (exact) mass is 100.0 g/mol. The third kappa shape index (κ3) is 1.82. The molecule has 6 heavy (non-hydrogen) atoms. The number of hydrogen-bond donors (Lipinski definition) is 1. The highest BCUT2D eigenvalue weighted by atomic mass is 32.1. The molecule has 0 radical (unpaired) electrons. The van der Waals surface area contributed by atoms with Crippen LogP contribution in [0.25, 0.3) is 0 Å². The average Bonchev–Trinajstić information content (AvgIpc) is 1.65. The van der Waals surface area contributed by atoms with Crippen LogP contribution in [0.15, 0.2) is 17.6 Å². The van der Waals surface area contributed by atoms with Gasteiger partial charge in [-0.05, 0) is 6.08 Å². The van der Waals surface area contributed by atoms with Gasteiger partial charge in [-0.25, -0.2) is 4.79 Å². The van der Waals surface area contributed by atoms with Crippen molar-refractivity contribution in [3.63, 3.8) is 0 Å². The summed E-state index contributed by atoms with van der Waals surface area (Å²) >= 11 is 3.60. The molecule has 0 bridgehead atoms. The molecule has 0 saturated heterocycles. The third-order valence-electron chi connectivity index (χ3n) is 0.298. The second-order valence-corrected chi connectivity index (χ2v) is 1.17. The van der Waals surface area contributed by atoms with Crippen LogP contribution in [0, 0.1) is 0 Å². The summed E-state index contributed by atoms with van der Waals surface area (Å²) in [6.45, 7) is 3.26.